The van der Waals surface area contributed by atoms with E-state index in [9.17, 15) is 27.9 Å². The molecule has 3 aromatic heterocycles. The predicted octanol–water partition coefficient (Wildman–Crippen LogP) is 4.40. The number of hydrogen-bond acceptors (Lipinski definition) is 8. The van der Waals surface area contributed by atoms with Crippen molar-refractivity contribution < 1.29 is 27.9 Å². The number of hydrogen-bond donors (Lipinski definition) is 3. The monoisotopic (exact) mass is 522 g/mol. The van der Waals surface area contributed by atoms with Crippen LogP contribution in [0.1, 0.15) is 32.1 Å². The third kappa shape index (κ3) is 6.16. The van der Waals surface area contributed by atoms with E-state index in [-0.39, 0.29) is 18.8 Å². The number of nitrogens with one attached hydrogen (secondary N) is 2. The zero-order valence-electron chi connectivity index (χ0n) is 20.0. The minimum absolute atomic E-state index is 0.120. The molecule has 0 aliphatic heterocycles. The first-order chi connectivity index (χ1) is 18.2. The lowest BCUT2D eigenvalue weighted by molar-refractivity contribution is -0.137. The molecule has 4 aromatic rings. The Morgan fingerprint density at radius 1 is 1.08 bits per heavy atom. The van der Waals surface area contributed by atoms with E-state index in [1.54, 1.807) is 42.5 Å². The molecule has 0 bridgehead atoms. The summed E-state index contributed by atoms with van der Waals surface area (Å²) < 4.78 is 39.0. The van der Waals surface area contributed by atoms with Gasteiger partial charge in [0.1, 0.15) is 11.5 Å². The highest BCUT2D eigenvalue weighted by Gasteiger charge is 2.32. The van der Waals surface area contributed by atoms with E-state index in [0.717, 1.165) is 5.56 Å². The summed E-state index contributed by atoms with van der Waals surface area (Å²) >= 11 is 0. The zero-order valence-corrected chi connectivity index (χ0v) is 20.0. The molecule has 0 fully saturated rings. The van der Waals surface area contributed by atoms with E-state index < -0.39 is 23.3 Å². The maximum atomic E-state index is 13.0. The van der Waals surface area contributed by atoms with Crippen molar-refractivity contribution in [2.75, 3.05) is 23.8 Å². The zero-order chi connectivity index (χ0) is 27.3. The van der Waals surface area contributed by atoms with Gasteiger partial charge in [0, 0.05) is 24.0 Å². The van der Waals surface area contributed by atoms with Crippen LogP contribution in [-0.2, 0) is 6.18 Å². The van der Waals surface area contributed by atoms with Crippen LogP contribution in [0.3, 0.4) is 0 Å². The van der Waals surface area contributed by atoms with Crippen molar-refractivity contribution in [2.24, 2.45) is 0 Å². The van der Waals surface area contributed by atoms with E-state index in [2.05, 4.69) is 30.8 Å². The number of aromatic nitrogens is 4. The average Bonchev–Trinajstić information content (AvgIpc) is 2.92. The lowest BCUT2D eigenvalue weighted by Crippen LogP contribution is -2.16. The van der Waals surface area contributed by atoms with Gasteiger partial charge in [-0.3, -0.25) is 14.6 Å². The van der Waals surface area contributed by atoms with Gasteiger partial charge in [0.25, 0.3) is 5.91 Å². The molecular formula is C26H21F3N6O3. The minimum atomic E-state index is -4.66. The molecule has 38 heavy (non-hydrogen) atoms. The van der Waals surface area contributed by atoms with Gasteiger partial charge in [-0.05, 0) is 66.1 Å². The van der Waals surface area contributed by atoms with E-state index in [1.165, 1.54) is 6.20 Å². The molecule has 3 heterocycles. The fraction of sp³-hybridized carbons (Fsp3) is 0.154. The van der Waals surface area contributed by atoms with Gasteiger partial charge in [-0.1, -0.05) is 6.07 Å². The average molecular weight is 522 g/mol. The Morgan fingerprint density at radius 3 is 2.63 bits per heavy atom. The fourth-order valence-corrected chi connectivity index (χ4v) is 3.62. The summed E-state index contributed by atoms with van der Waals surface area (Å²) in [5, 5.41) is 21.6. The molecular weight excluding hydrogens is 501 g/mol. The standard InChI is InChI=1S/C26H21F3N6O3/c1-15-2-3-19(33-25(38)23-11-18(13-32-35-23)26(27,28)29)12-21(15)17-9-22(34-24(10-17)31-6-7-36)16-4-5-30-20(8-16)14-37/h2-5,8-14,36H,6-7H2,1H3,(H,31,34)(H,33,38). The summed E-state index contributed by atoms with van der Waals surface area (Å²) in [5.41, 5.74) is 2.42. The van der Waals surface area contributed by atoms with Crippen molar-refractivity contribution in [3.8, 4) is 22.4 Å². The Morgan fingerprint density at radius 2 is 1.89 bits per heavy atom. The van der Waals surface area contributed by atoms with Gasteiger partial charge < -0.3 is 15.7 Å². The van der Waals surface area contributed by atoms with Gasteiger partial charge in [0.05, 0.1) is 24.1 Å². The number of benzene rings is 1. The molecule has 1 amide bonds. The number of carbonyl (C=O) groups is 2. The maximum absolute atomic E-state index is 13.0. The first-order valence-electron chi connectivity index (χ1n) is 11.3. The molecule has 0 saturated carbocycles. The van der Waals surface area contributed by atoms with Gasteiger partial charge in [-0.15, -0.1) is 5.10 Å². The Hall–Kier alpha value is -4.71. The van der Waals surface area contributed by atoms with Gasteiger partial charge in [0.2, 0.25) is 0 Å². The fourth-order valence-electron chi connectivity index (χ4n) is 3.62. The molecule has 0 aliphatic rings. The molecule has 3 N–H and O–H groups in total. The maximum Gasteiger partial charge on any atom is 0.418 e. The Bertz CT molecular complexity index is 1490. The van der Waals surface area contributed by atoms with Crippen LogP contribution in [0.15, 0.2) is 60.9 Å². The number of rotatable bonds is 8. The van der Waals surface area contributed by atoms with Crippen molar-refractivity contribution in [2.45, 2.75) is 13.1 Å². The van der Waals surface area contributed by atoms with E-state index in [0.29, 0.717) is 52.4 Å². The Kier molecular flexibility index (Phi) is 7.72. The predicted molar refractivity (Wildman–Crippen MR) is 134 cm³/mol. The summed E-state index contributed by atoms with van der Waals surface area (Å²) in [6.45, 7) is 1.99. The normalized spacial score (nSPS) is 11.2. The number of aldehydes is 1. The molecule has 0 spiro atoms. The van der Waals surface area contributed by atoms with Crippen molar-refractivity contribution in [3.05, 3.63) is 83.4 Å². The second kappa shape index (κ2) is 11.1. The van der Waals surface area contributed by atoms with Crippen LogP contribution in [0, 0.1) is 6.92 Å². The molecule has 0 radical (unpaired) electrons. The molecule has 0 atom stereocenters. The third-order valence-corrected chi connectivity index (χ3v) is 5.46. The quantitative estimate of drug-likeness (QED) is 0.291. The van der Waals surface area contributed by atoms with Crippen molar-refractivity contribution in [1.82, 2.24) is 20.2 Å². The first kappa shape index (κ1) is 26.4. The number of alkyl halides is 3. The summed E-state index contributed by atoms with van der Waals surface area (Å²) in [6.07, 6.45) is -2.00. The lowest BCUT2D eigenvalue weighted by Gasteiger charge is -2.14. The third-order valence-electron chi connectivity index (χ3n) is 5.46. The van der Waals surface area contributed by atoms with E-state index >= 15 is 0 Å². The van der Waals surface area contributed by atoms with Crippen LogP contribution in [0.4, 0.5) is 24.7 Å². The summed E-state index contributed by atoms with van der Waals surface area (Å²) in [6, 6.07) is 12.5. The number of pyridine rings is 2. The molecule has 194 valence electrons. The topological polar surface area (TPSA) is 130 Å². The highest BCUT2D eigenvalue weighted by Crippen LogP contribution is 2.32. The molecule has 9 nitrogen and oxygen atoms in total. The molecule has 0 aliphatic carbocycles. The smallest absolute Gasteiger partial charge is 0.395 e. The van der Waals surface area contributed by atoms with E-state index in [4.69, 9.17) is 0 Å². The van der Waals surface area contributed by atoms with Crippen LogP contribution in [0.5, 0.6) is 0 Å². The van der Waals surface area contributed by atoms with Gasteiger partial charge >= 0.3 is 6.18 Å². The summed E-state index contributed by atoms with van der Waals surface area (Å²) in [5.74, 6) is -0.388. The van der Waals surface area contributed by atoms with Crippen LogP contribution < -0.4 is 10.6 Å². The van der Waals surface area contributed by atoms with Crippen LogP contribution in [0.2, 0.25) is 0 Å². The van der Waals surface area contributed by atoms with Crippen LogP contribution in [0.25, 0.3) is 22.4 Å². The number of aryl methyl sites for hydroxylation is 1. The number of nitrogens with zero attached hydrogens (tertiary/aromatic N) is 4. The second-order valence-corrected chi connectivity index (χ2v) is 8.17. The Balaban J connectivity index is 1.71. The van der Waals surface area contributed by atoms with Gasteiger partial charge in [-0.2, -0.15) is 18.3 Å². The first-order valence-corrected chi connectivity index (χ1v) is 11.3. The number of anilines is 2. The molecule has 0 unspecified atom stereocenters. The Labute approximate surface area is 214 Å². The molecule has 12 heteroatoms. The summed E-state index contributed by atoms with van der Waals surface area (Å²) in [4.78, 5) is 32.4. The molecule has 1 aromatic carbocycles. The number of carbonyl (C=O) groups excluding carboxylic acids is 2. The second-order valence-electron chi connectivity index (χ2n) is 8.17. The highest BCUT2D eigenvalue weighted by molar-refractivity contribution is 6.03. The number of halogens is 3. The highest BCUT2D eigenvalue weighted by atomic mass is 19.4. The number of amides is 1. The number of aliphatic hydroxyl groups is 1. The number of aliphatic hydroxyl groups excluding tert-OH is 1. The largest absolute Gasteiger partial charge is 0.418 e. The van der Waals surface area contributed by atoms with Crippen LogP contribution >= 0.6 is 0 Å². The van der Waals surface area contributed by atoms with Crippen molar-refractivity contribution >= 4 is 23.7 Å². The minimum Gasteiger partial charge on any atom is -0.395 e. The molecule has 0 saturated heterocycles. The van der Waals surface area contributed by atoms with Crippen LogP contribution in [-0.4, -0.2) is 50.6 Å². The molecule has 4 rings (SSSR count). The van der Waals surface area contributed by atoms with Gasteiger partial charge in [0.15, 0.2) is 12.0 Å². The summed E-state index contributed by atoms with van der Waals surface area (Å²) in [7, 11) is 0. The van der Waals surface area contributed by atoms with E-state index in [1.807, 2.05) is 6.92 Å². The SMILES string of the molecule is Cc1ccc(NC(=O)c2cc(C(F)(F)F)cnn2)cc1-c1cc(NCCO)nc(-c2ccnc(C=O)c2)c1. The lowest BCUT2D eigenvalue weighted by atomic mass is 9.98. The van der Waals surface area contributed by atoms with Gasteiger partial charge in [-0.25, -0.2) is 4.98 Å². The van der Waals surface area contributed by atoms with Crippen molar-refractivity contribution in [1.29, 1.82) is 0 Å². The van der Waals surface area contributed by atoms with Crippen molar-refractivity contribution in [3.63, 3.8) is 0 Å².